The van der Waals surface area contributed by atoms with E-state index in [2.05, 4.69) is 22.5 Å². The number of piperidine rings is 1. The van der Waals surface area contributed by atoms with Gasteiger partial charge in [0.25, 0.3) is 0 Å². The van der Waals surface area contributed by atoms with E-state index in [1.807, 2.05) is 21.8 Å². The second-order valence-electron chi connectivity index (χ2n) is 3.85. The fourth-order valence-corrected chi connectivity index (χ4v) is 3.31. The van der Waals surface area contributed by atoms with Crippen LogP contribution >= 0.6 is 21.8 Å². The Balaban J connectivity index is 1.96. The first-order valence-corrected chi connectivity index (χ1v) is 7.98. The van der Waals surface area contributed by atoms with Crippen molar-refractivity contribution in [2.45, 2.75) is 25.7 Å². The lowest BCUT2D eigenvalue weighted by Crippen LogP contribution is -2.31. The van der Waals surface area contributed by atoms with E-state index in [1.165, 1.54) is 51.9 Å². The van der Waals surface area contributed by atoms with Crippen LogP contribution < -0.4 is 0 Å². The highest BCUT2D eigenvalue weighted by molar-refractivity contribution is 8.75. The number of rotatable bonds is 6. The van der Waals surface area contributed by atoms with Gasteiger partial charge >= 0.3 is 0 Å². The first kappa shape index (κ1) is 12.7. The van der Waals surface area contributed by atoms with Gasteiger partial charge in [0, 0.05) is 6.54 Å². The molecule has 0 aromatic carbocycles. The smallest absolute Gasteiger partial charge is 0.0106 e. The molecule has 0 spiro atoms. The van der Waals surface area contributed by atoms with Gasteiger partial charge in [-0.15, -0.1) is 0 Å². The molecule has 0 unspecified atom stereocenters. The molecule has 1 aliphatic heterocycles. The Kier molecular flexibility index (Phi) is 7.12. The summed E-state index contributed by atoms with van der Waals surface area (Å²) in [5.74, 6) is 0. The van der Waals surface area contributed by atoms with E-state index in [9.17, 15) is 0 Å². The van der Waals surface area contributed by atoms with Gasteiger partial charge in [-0.3, -0.25) is 0 Å². The van der Waals surface area contributed by atoms with Gasteiger partial charge in [-0.2, -0.15) is 0 Å². The predicted molar refractivity (Wildman–Crippen MR) is 68.6 cm³/mol. The van der Waals surface area contributed by atoms with Crippen LogP contribution in [-0.4, -0.2) is 48.7 Å². The zero-order valence-electron chi connectivity index (χ0n) is 9.37. The van der Waals surface area contributed by atoms with Gasteiger partial charge in [-0.1, -0.05) is 17.2 Å². The van der Waals surface area contributed by atoms with Crippen LogP contribution in [0.2, 0.25) is 0 Å². The minimum absolute atomic E-state index is 1.21. The highest BCUT2D eigenvalue weighted by Crippen LogP contribution is 2.20. The second-order valence-corrected chi connectivity index (χ2v) is 6.40. The standard InChI is InChI=1S/C10H22N2S2/c1-11(14-13-2)7-6-10-12-8-4-3-5-9-12/h3-10H2,1-2H3. The van der Waals surface area contributed by atoms with Crippen molar-refractivity contribution in [1.82, 2.24) is 9.21 Å². The van der Waals surface area contributed by atoms with E-state index in [4.69, 9.17) is 0 Å². The fraction of sp³-hybridized carbons (Fsp3) is 1.00. The molecular weight excluding hydrogens is 212 g/mol. The van der Waals surface area contributed by atoms with E-state index in [-0.39, 0.29) is 0 Å². The largest absolute Gasteiger partial charge is 0.303 e. The van der Waals surface area contributed by atoms with Crippen molar-refractivity contribution in [2.24, 2.45) is 0 Å². The van der Waals surface area contributed by atoms with Crippen LogP contribution in [0.25, 0.3) is 0 Å². The Morgan fingerprint density at radius 3 is 2.57 bits per heavy atom. The van der Waals surface area contributed by atoms with Crippen molar-refractivity contribution in [3.8, 4) is 0 Å². The summed E-state index contributed by atoms with van der Waals surface area (Å²) in [6.07, 6.45) is 7.71. The Hall–Kier alpha value is 0.620. The number of hydrogen-bond acceptors (Lipinski definition) is 4. The molecule has 2 nitrogen and oxygen atoms in total. The third kappa shape index (κ3) is 5.49. The van der Waals surface area contributed by atoms with Crippen LogP contribution in [0.1, 0.15) is 25.7 Å². The first-order chi connectivity index (χ1) is 6.83. The first-order valence-electron chi connectivity index (χ1n) is 5.47. The van der Waals surface area contributed by atoms with Crippen LogP contribution in [0.3, 0.4) is 0 Å². The third-order valence-electron chi connectivity index (χ3n) is 2.60. The topological polar surface area (TPSA) is 6.48 Å². The molecule has 1 saturated heterocycles. The summed E-state index contributed by atoms with van der Waals surface area (Å²) in [6.45, 7) is 5.17. The normalized spacial score (nSPS) is 19.1. The number of hydrogen-bond donors (Lipinski definition) is 0. The van der Waals surface area contributed by atoms with E-state index in [1.54, 1.807) is 0 Å². The Morgan fingerprint density at radius 2 is 1.93 bits per heavy atom. The third-order valence-corrected chi connectivity index (χ3v) is 4.39. The van der Waals surface area contributed by atoms with Crippen LogP contribution in [0.15, 0.2) is 0 Å². The molecule has 0 N–H and O–H groups in total. The van der Waals surface area contributed by atoms with Gasteiger partial charge in [0.15, 0.2) is 0 Å². The Labute approximate surface area is 96.3 Å². The summed E-state index contributed by atoms with van der Waals surface area (Å²) >= 11 is 0. The Morgan fingerprint density at radius 1 is 1.21 bits per heavy atom. The quantitative estimate of drug-likeness (QED) is 0.515. The molecule has 0 saturated carbocycles. The molecule has 84 valence electrons. The SMILES string of the molecule is CSSN(C)CCCN1CCCCC1. The van der Waals surface area contributed by atoms with Gasteiger partial charge < -0.3 is 4.90 Å². The molecule has 14 heavy (non-hydrogen) atoms. The molecule has 0 aromatic heterocycles. The lowest BCUT2D eigenvalue weighted by Gasteiger charge is -2.26. The van der Waals surface area contributed by atoms with Gasteiger partial charge in [0.2, 0.25) is 0 Å². The van der Waals surface area contributed by atoms with Crippen LogP contribution in [0.5, 0.6) is 0 Å². The summed E-state index contributed by atoms with van der Waals surface area (Å²) < 4.78 is 2.33. The molecule has 0 aromatic rings. The lowest BCUT2D eigenvalue weighted by molar-refractivity contribution is 0.223. The molecule has 0 amide bonds. The molecule has 0 atom stereocenters. The van der Waals surface area contributed by atoms with Gasteiger partial charge in [-0.25, -0.2) is 4.31 Å². The van der Waals surface area contributed by atoms with Crippen molar-refractivity contribution in [3.63, 3.8) is 0 Å². The predicted octanol–water partition coefficient (Wildman–Crippen LogP) is 2.72. The summed E-state index contributed by atoms with van der Waals surface area (Å²) in [7, 11) is 5.85. The maximum Gasteiger partial charge on any atom is 0.0106 e. The summed E-state index contributed by atoms with van der Waals surface area (Å²) in [4.78, 5) is 2.61. The van der Waals surface area contributed by atoms with Crippen molar-refractivity contribution in [1.29, 1.82) is 0 Å². The minimum Gasteiger partial charge on any atom is -0.303 e. The summed E-state index contributed by atoms with van der Waals surface area (Å²) in [5, 5.41) is 0. The zero-order valence-corrected chi connectivity index (χ0v) is 11.0. The molecule has 1 fully saturated rings. The van der Waals surface area contributed by atoms with Crippen molar-refractivity contribution < 1.29 is 0 Å². The van der Waals surface area contributed by atoms with Crippen molar-refractivity contribution >= 4 is 21.8 Å². The average molecular weight is 234 g/mol. The number of nitrogens with zero attached hydrogens (tertiary/aromatic N) is 2. The van der Waals surface area contributed by atoms with Gasteiger partial charge in [0.05, 0.1) is 0 Å². The molecule has 0 radical (unpaired) electrons. The fourth-order valence-electron chi connectivity index (χ4n) is 1.86. The molecule has 0 bridgehead atoms. The van der Waals surface area contributed by atoms with E-state index in [0.717, 1.165) is 0 Å². The van der Waals surface area contributed by atoms with Crippen molar-refractivity contribution in [2.75, 3.05) is 39.5 Å². The minimum atomic E-state index is 1.21. The van der Waals surface area contributed by atoms with E-state index in [0.29, 0.717) is 0 Å². The highest BCUT2D eigenvalue weighted by Gasteiger charge is 2.09. The molecule has 4 heteroatoms. The van der Waals surface area contributed by atoms with E-state index >= 15 is 0 Å². The number of likely N-dealkylation sites (tertiary alicyclic amines) is 1. The van der Waals surface area contributed by atoms with E-state index < -0.39 is 0 Å². The molecule has 1 heterocycles. The molecule has 0 aliphatic carbocycles. The monoisotopic (exact) mass is 234 g/mol. The summed E-state index contributed by atoms with van der Waals surface area (Å²) in [6, 6.07) is 0. The maximum absolute atomic E-state index is 2.61. The lowest BCUT2D eigenvalue weighted by atomic mass is 10.1. The molecular formula is C10H22N2S2. The summed E-state index contributed by atoms with van der Waals surface area (Å²) in [5.41, 5.74) is 0. The Bertz CT molecular complexity index is 138. The molecule has 1 rings (SSSR count). The van der Waals surface area contributed by atoms with Crippen LogP contribution in [-0.2, 0) is 0 Å². The van der Waals surface area contributed by atoms with Crippen LogP contribution in [0, 0.1) is 0 Å². The zero-order chi connectivity index (χ0) is 10.2. The second kappa shape index (κ2) is 7.85. The van der Waals surface area contributed by atoms with Gasteiger partial charge in [-0.05, 0) is 63.2 Å². The van der Waals surface area contributed by atoms with Crippen LogP contribution in [0.4, 0.5) is 0 Å². The average Bonchev–Trinajstić information content (AvgIpc) is 2.20. The highest BCUT2D eigenvalue weighted by atomic mass is 33.1. The van der Waals surface area contributed by atoms with Gasteiger partial charge in [0.1, 0.15) is 0 Å². The van der Waals surface area contributed by atoms with Crippen molar-refractivity contribution in [3.05, 3.63) is 0 Å². The maximum atomic E-state index is 2.61. The molecule has 1 aliphatic rings.